The summed E-state index contributed by atoms with van der Waals surface area (Å²) in [4.78, 5) is 6.05. The maximum absolute atomic E-state index is 4.67. The standard InChI is InChI=1S/C18H28N6S/c1-2-19-18(20-11-9-15-7-6-14-25-15)21-12-10-17-23-22-16-8-4-3-5-13-24(16)17/h6-7,14H,2-5,8-13H2,1H3,(H2,19,20,21). The fraction of sp³-hybridized carbons (Fsp3) is 0.611. The predicted octanol–water partition coefficient (Wildman–Crippen LogP) is 2.41. The molecule has 1 aliphatic heterocycles. The van der Waals surface area contributed by atoms with E-state index in [-0.39, 0.29) is 0 Å². The van der Waals surface area contributed by atoms with Gasteiger partial charge in [-0.1, -0.05) is 12.5 Å². The molecular formula is C18H28N6S. The van der Waals surface area contributed by atoms with Gasteiger partial charge < -0.3 is 15.2 Å². The molecule has 3 rings (SSSR count). The Labute approximate surface area is 153 Å². The van der Waals surface area contributed by atoms with Crippen molar-refractivity contribution in [1.82, 2.24) is 25.4 Å². The summed E-state index contributed by atoms with van der Waals surface area (Å²) in [6, 6.07) is 4.26. The molecule has 0 saturated carbocycles. The number of hydrogen-bond acceptors (Lipinski definition) is 4. The number of guanidine groups is 1. The number of nitrogens with zero attached hydrogens (tertiary/aromatic N) is 4. The van der Waals surface area contributed by atoms with Crippen molar-refractivity contribution in [2.75, 3.05) is 19.6 Å². The Morgan fingerprint density at radius 2 is 2.20 bits per heavy atom. The van der Waals surface area contributed by atoms with E-state index >= 15 is 0 Å². The van der Waals surface area contributed by atoms with Crippen molar-refractivity contribution in [3.63, 3.8) is 0 Å². The van der Waals surface area contributed by atoms with Crippen LogP contribution < -0.4 is 10.6 Å². The molecule has 0 aromatic carbocycles. The summed E-state index contributed by atoms with van der Waals surface area (Å²) in [5.41, 5.74) is 0. The average molecular weight is 361 g/mol. The second kappa shape index (κ2) is 9.56. The Balaban J connectivity index is 1.49. The molecule has 0 unspecified atom stereocenters. The summed E-state index contributed by atoms with van der Waals surface area (Å²) in [5, 5.41) is 17.6. The molecule has 0 fully saturated rings. The number of aryl methyl sites for hydroxylation is 1. The van der Waals surface area contributed by atoms with Gasteiger partial charge in [-0.25, -0.2) is 0 Å². The summed E-state index contributed by atoms with van der Waals surface area (Å²) in [6.45, 7) is 5.64. The SMILES string of the molecule is CCNC(=NCCc1cccs1)NCCc1nnc2n1CCCCC2. The molecule has 7 heteroatoms. The number of rotatable bonds is 7. The summed E-state index contributed by atoms with van der Waals surface area (Å²) in [5.74, 6) is 3.14. The molecule has 0 aliphatic carbocycles. The van der Waals surface area contributed by atoms with Crippen molar-refractivity contribution in [2.45, 2.75) is 52.0 Å². The van der Waals surface area contributed by atoms with Crippen LogP contribution in [0.1, 0.15) is 42.7 Å². The number of aliphatic imine (C=N–C) groups is 1. The third kappa shape index (κ3) is 5.29. The number of hydrogen-bond donors (Lipinski definition) is 2. The molecule has 2 N–H and O–H groups in total. The minimum atomic E-state index is 0.802. The minimum absolute atomic E-state index is 0.802. The molecule has 25 heavy (non-hydrogen) atoms. The minimum Gasteiger partial charge on any atom is -0.357 e. The lowest BCUT2D eigenvalue weighted by Gasteiger charge is -2.12. The highest BCUT2D eigenvalue weighted by Crippen LogP contribution is 2.14. The zero-order chi connectivity index (χ0) is 17.3. The molecule has 6 nitrogen and oxygen atoms in total. The first kappa shape index (κ1) is 17.9. The van der Waals surface area contributed by atoms with Gasteiger partial charge in [0.1, 0.15) is 11.6 Å². The third-order valence-corrected chi connectivity index (χ3v) is 5.32. The van der Waals surface area contributed by atoms with Crippen molar-refractivity contribution >= 4 is 17.3 Å². The second-order valence-electron chi connectivity index (χ2n) is 6.26. The van der Waals surface area contributed by atoms with E-state index in [0.29, 0.717) is 0 Å². The molecule has 0 radical (unpaired) electrons. The normalized spacial score (nSPS) is 14.8. The number of nitrogens with one attached hydrogen (secondary N) is 2. The molecule has 0 amide bonds. The van der Waals surface area contributed by atoms with Gasteiger partial charge in [-0.05, 0) is 31.2 Å². The van der Waals surface area contributed by atoms with Gasteiger partial charge >= 0.3 is 0 Å². The fourth-order valence-corrected chi connectivity index (χ4v) is 3.80. The van der Waals surface area contributed by atoms with Crippen LogP contribution in [0.15, 0.2) is 22.5 Å². The highest BCUT2D eigenvalue weighted by molar-refractivity contribution is 7.09. The summed E-state index contributed by atoms with van der Waals surface area (Å²) >= 11 is 1.79. The fourth-order valence-electron chi connectivity index (χ4n) is 3.10. The summed E-state index contributed by atoms with van der Waals surface area (Å²) in [6.07, 6.45) is 6.69. The number of aromatic nitrogens is 3. The Bertz CT molecular complexity index is 661. The summed E-state index contributed by atoms with van der Waals surface area (Å²) in [7, 11) is 0. The molecule has 0 atom stereocenters. The van der Waals surface area contributed by atoms with Crippen LogP contribution in [-0.4, -0.2) is 40.4 Å². The second-order valence-corrected chi connectivity index (χ2v) is 7.29. The lowest BCUT2D eigenvalue weighted by molar-refractivity contribution is 0.600. The van der Waals surface area contributed by atoms with Crippen LogP contribution >= 0.6 is 11.3 Å². The van der Waals surface area contributed by atoms with E-state index in [2.05, 4.69) is 54.8 Å². The van der Waals surface area contributed by atoms with Gasteiger partial charge in [0, 0.05) is 50.3 Å². The van der Waals surface area contributed by atoms with Crippen molar-refractivity contribution in [3.05, 3.63) is 34.0 Å². The largest absolute Gasteiger partial charge is 0.357 e. The zero-order valence-electron chi connectivity index (χ0n) is 15.0. The smallest absolute Gasteiger partial charge is 0.191 e. The molecular weight excluding hydrogens is 332 g/mol. The molecule has 1 aliphatic rings. The van der Waals surface area contributed by atoms with Gasteiger partial charge in [-0.2, -0.15) is 0 Å². The van der Waals surface area contributed by atoms with Crippen molar-refractivity contribution in [3.8, 4) is 0 Å². The zero-order valence-corrected chi connectivity index (χ0v) is 15.8. The highest BCUT2D eigenvalue weighted by Gasteiger charge is 2.14. The topological polar surface area (TPSA) is 67.1 Å². The van der Waals surface area contributed by atoms with Crippen molar-refractivity contribution in [1.29, 1.82) is 0 Å². The van der Waals surface area contributed by atoms with Crippen LogP contribution in [0, 0.1) is 0 Å². The van der Waals surface area contributed by atoms with E-state index in [1.54, 1.807) is 11.3 Å². The molecule has 3 heterocycles. The number of fused-ring (bicyclic) bond motifs is 1. The maximum Gasteiger partial charge on any atom is 0.191 e. The van der Waals surface area contributed by atoms with Crippen LogP contribution in [0.4, 0.5) is 0 Å². The van der Waals surface area contributed by atoms with Crippen molar-refractivity contribution in [2.24, 2.45) is 4.99 Å². The first-order chi connectivity index (χ1) is 12.4. The monoisotopic (exact) mass is 360 g/mol. The van der Waals surface area contributed by atoms with Crippen molar-refractivity contribution < 1.29 is 0 Å². The van der Waals surface area contributed by atoms with E-state index in [1.807, 2.05) is 0 Å². The van der Waals surface area contributed by atoms with Gasteiger partial charge in [-0.3, -0.25) is 4.99 Å². The maximum atomic E-state index is 4.67. The van der Waals surface area contributed by atoms with E-state index in [1.165, 1.54) is 24.1 Å². The third-order valence-electron chi connectivity index (χ3n) is 4.38. The lowest BCUT2D eigenvalue weighted by atomic mass is 10.2. The van der Waals surface area contributed by atoms with Crippen LogP contribution in [0.5, 0.6) is 0 Å². The summed E-state index contributed by atoms with van der Waals surface area (Å²) < 4.78 is 2.32. The molecule has 2 aromatic rings. The van der Waals surface area contributed by atoms with Crippen LogP contribution in [-0.2, 0) is 25.8 Å². The van der Waals surface area contributed by atoms with Gasteiger partial charge in [0.05, 0.1) is 0 Å². The highest BCUT2D eigenvalue weighted by atomic mass is 32.1. The Morgan fingerprint density at radius 1 is 1.24 bits per heavy atom. The Hall–Kier alpha value is -1.89. The lowest BCUT2D eigenvalue weighted by Crippen LogP contribution is -2.38. The number of thiophene rings is 1. The van der Waals surface area contributed by atoms with Gasteiger partial charge in [0.2, 0.25) is 0 Å². The Kier molecular flexibility index (Phi) is 6.85. The van der Waals surface area contributed by atoms with E-state index in [0.717, 1.165) is 63.0 Å². The van der Waals surface area contributed by atoms with Gasteiger partial charge in [0.25, 0.3) is 0 Å². The molecule has 0 bridgehead atoms. The van der Waals surface area contributed by atoms with Gasteiger partial charge in [0.15, 0.2) is 5.96 Å². The van der Waals surface area contributed by atoms with Crippen LogP contribution in [0.2, 0.25) is 0 Å². The van der Waals surface area contributed by atoms with E-state index in [4.69, 9.17) is 0 Å². The molecule has 0 spiro atoms. The van der Waals surface area contributed by atoms with Gasteiger partial charge in [-0.15, -0.1) is 21.5 Å². The van der Waals surface area contributed by atoms with Crippen LogP contribution in [0.3, 0.4) is 0 Å². The average Bonchev–Trinajstić information content (AvgIpc) is 3.20. The van der Waals surface area contributed by atoms with E-state index < -0.39 is 0 Å². The van der Waals surface area contributed by atoms with Crippen LogP contribution in [0.25, 0.3) is 0 Å². The van der Waals surface area contributed by atoms with E-state index in [9.17, 15) is 0 Å². The quantitative estimate of drug-likeness (QED) is 0.588. The molecule has 136 valence electrons. The molecule has 0 saturated heterocycles. The molecule has 2 aromatic heterocycles. The predicted molar refractivity (Wildman–Crippen MR) is 103 cm³/mol. The first-order valence-electron chi connectivity index (χ1n) is 9.32. The first-order valence-corrected chi connectivity index (χ1v) is 10.2. The Morgan fingerprint density at radius 3 is 3.04 bits per heavy atom.